The summed E-state index contributed by atoms with van der Waals surface area (Å²) in [6, 6.07) is 7.07. The van der Waals surface area contributed by atoms with E-state index in [1.54, 1.807) is 7.11 Å². The van der Waals surface area contributed by atoms with Gasteiger partial charge in [0, 0.05) is 42.7 Å². The fourth-order valence-electron chi connectivity index (χ4n) is 4.89. The molecule has 1 aliphatic heterocycles. The number of methoxy groups -OCH3 is 1. The first kappa shape index (κ1) is 23.7. The molecular weight excluding hydrogens is 414 g/mol. The molecule has 4 N–H and O–H groups in total. The Balaban J connectivity index is 0.000000427. The average molecular weight is 446 g/mol. The molecule has 1 amide bonds. The van der Waals surface area contributed by atoms with Gasteiger partial charge in [-0.2, -0.15) is 0 Å². The van der Waals surface area contributed by atoms with Crippen LogP contribution in [-0.2, 0) is 25.5 Å². The fraction of sp³-hybridized carbons (Fsp3) is 0.522. The minimum Gasteiger partial charge on any atom is -0.473 e. The number of benzene rings is 1. The predicted octanol–water partition coefficient (Wildman–Crippen LogP) is 2.17. The summed E-state index contributed by atoms with van der Waals surface area (Å²) in [5, 5.41) is 19.1. The molecule has 4 rings (SSSR count). The predicted molar refractivity (Wildman–Crippen MR) is 118 cm³/mol. The van der Waals surface area contributed by atoms with E-state index in [0.29, 0.717) is 12.0 Å². The van der Waals surface area contributed by atoms with E-state index in [1.807, 2.05) is 0 Å². The number of carbonyl (C=O) groups is 3. The van der Waals surface area contributed by atoms with Crippen molar-refractivity contribution in [3.05, 3.63) is 35.5 Å². The molecule has 3 atom stereocenters. The average Bonchev–Trinajstić information content (AvgIpc) is 3.20. The van der Waals surface area contributed by atoms with Gasteiger partial charge in [0.25, 0.3) is 0 Å². The number of carboxylic acid groups (broad SMARTS) is 2. The number of nitrogens with zero attached hydrogens (tertiary/aromatic N) is 1. The molecule has 2 aromatic rings. The highest BCUT2D eigenvalue weighted by Crippen LogP contribution is 2.44. The number of hydrogen-bond donors (Lipinski definition) is 4. The number of rotatable bonds is 6. The van der Waals surface area contributed by atoms with Crippen LogP contribution in [0.25, 0.3) is 10.9 Å². The second-order valence-electron chi connectivity index (χ2n) is 8.33. The van der Waals surface area contributed by atoms with Crippen LogP contribution in [0.1, 0.15) is 43.2 Å². The van der Waals surface area contributed by atoms with Crippen LogP contribution in [0.4, 0.5) is 0 Å². The fourth-order valence-corrected chi connectivity index (χ4v) is 4.89. The number of unbranched alkanes of at least 4 members (excludes halogenated alkanes) is 1. The number of fused-ring (bicyclic) bond motifs is 2. The summed E-state index contributed by atoms with van der Waals surface area (Å²) < 4.78 is 5.03. The summed E-state index contributed by atoms with van der Waals surface area (Å²) in [5.74, 6) is -3.08. The maximum Gasteiger partial charge on any atom is 0.414 e. The van der Waals surface area contributed by atoms with Crippen molar-refractivity contribution in [3.63, 3.8) is 0 Å². The first-order valence-electron chi connectivity index (χ1n) is 10.9. The van der Waals surface area contributed by atoms with Crippen LogP contribution in [0.5, 0.6) is 0 Å². The lowest BCUT2D eigenvalue weighted by Gasteiger charge is -2.46. The molecule has 0 spiro atoms. The Morgan fingerprint density at radius 2 is 2.00 bits per heavy atom. The van der Waals surface area contributed by atoms with Crippen LogP contribution < -0.4 is 5.32 Å². The van der Waals surface area contributed by atoms with Crippen molar-refractivity contribution in [1.29, 1.82) is 0 Å². The normalized spacial score (nSPS) is 21.9. The number of H-pyrrole nitrogens is 1. The topological polar surface area (TPSA) is 132 Å². The Bertz CT molecular complexity index is 960. The second kappa shape index (κ2) is 10.6. The third-order valence-corrected chi connectivity index (χ3v) is 6.32. The van der Waals surface area contributed by atoms with Gasteiger partial charge >= 0.3 is 11.9 Å². The monoisotopic (exact) mass is 445 g/mol. The van der Waals surface area contributed by atoms with E-state index in [1.165, 1.54) is 34.9 Å². The minimum atomic E-state index is -1.82. The summed E-state index contributed by atoms with van der Waals surface area (Å²) in [7, 11) is 1.61. The van der Waals surface area contributed by atoms with Gasteiger partial charge in [-0.3, -0.25) is 9.69 Å². The lowest BCUT2D eigenvalue weighted by molar-refractivity contribution is -0.159. The van der Waals surface area contributed by atoms with E-state index in [4.69, 9.17) is 24.5 Å². The lowest BCUT2D eigenvalue weighted by atomic mass is 9.72. The SMILES string of the molecule is CCCCN1CC(C(=O)NCOC)CC2c3cccc4[nH]cc(c34)C[C@H]21.O=C(O)C(=O)O. The summed E-state index contributed by atoms with van der Waals surface area (Å²) in [4.78, 5) is 36.9. The Morgan fingerprint density at radius 3 is 2.66 bits per heavy atom. The number of aromatic nitrogens is 1. The quantitative estimate of drug-likeness (QED) is 0.396. The number of piperidine rings is 1. The zero-order valence-corrected chi connectivity index (χ0v) is 18.5. The van der Waals surface area contributed by atoms with Crippen LogP contribution >= 0.6 is 0 Å². The number of amides is 1. The molecule has 9 nitrogen and oxygen atoms in total. The molecule has 0 saturated carbocycles. The van der Waals surface area contributed by atoms with E-state index in [0.717, 1.165) is 25.9 Å². The van der Waals surface area contributed by atoms with Crippen LogP contribution in [0.15, 0.2) is 24.4 Å². The summed E-state index contributed by atoms with van der Waals surface area (Å²) in [6.45, 7) is 4.44. The van der Waals surface area contributed by atoms with Gasteiger partial charge in [-0.05, 0) is 43.0 Å². The van der Waals surface area contributed by atoms with Gasteiger partial charge in [0.15, 0.2) is 0 Å². The first-order chi connectivity index (χ1) is 15.4. The van der Waals surface area contributed by atoms with Gasteiger partial charge in [-0.1, -0.05) is 25.5 Å². The molecule has 1 saturated heterocycles. The van der Waals surface area contributed by atoms with Crippen molar-refractivity contribution in [2.24, 2.45) is 5.92 Å². The van der Waals surface area contributed by atoms with Crippen LogP contribution in [-0.4, -0.2) is 70.9 Å². The van der Waals surface area contributed by atoms with Gasteiger partial charge in [-0.15, -0.1) is 0 Å². The standard InChI is InChI=1S/C21H29N3O2.C2H2O4/c1-3-4-8-24-12-15(21(25)23-13-26-2)9-17-16-6-5-7-18-20(16)14(11-22-18)10-19(17)24;3-1(4)2(5)6/h5-7,11,15,17,19,22H,3-4,8-10,12-13H2,1-2H3,(H,23,25);(H,3,4)(H,5,6)/t15?,17?,19-;/m1./s1. The molecule has 2 heterocycles. The number of ether oxygens (including phenoxy) is 1. The van der Waals surface area contributed by atoms with E-state index < -0.39 is 11.9 Å². The number of aliphatic carboxylic acids is 2. The summed E-state index contributed by atoms with van der Waals surface area (Å²) >= 11 is 0. The van der Waals surface area contributed by atoms with Crippen LogP contribution in [0.2, 0.25) is 0 Å². The van der Waals surface area contributed by atoms with Gasteiger partial charge < -0.3 is 25.3 Å². The van der Waals surface area contributed by atoms with Gasteiger partial charge in [0.05, 0.1) is 5.92 Å². The van der Waals surface area contributed by atoms with Crippen molar-refractivity contribution in [1.82, 2.24) is 15.2 Å². The van der Waals surface area contributed by atoms with Crippen molar-refractivity contribution in [3.8, 4) is 0 Å². The van der Waals surface area contributed by atoms with Gasteiger partial charge in [0.1, 0.15) is 6.73 Å². The molecule has 9 heteroatoms. The lowest BCUT2D eigenvalue weighted by Crippen LogP contribution is -2.53. The highest BCUT2D eigenvalue weighted by Gasteiger charge is 2.42. The summed E-state index contributed by atoms with van der Waals surface area (Å²) in [5.41, 5.74) is 4.07. The van der Waals surface area contributed by atoms with Crippen molar-refractivity contribution < 1.29 is 29.3 Å². The maximum absolute atomic E-state index is 12.7. The van der Waals surface area contributed by atoms with Crippen molar-refractivity contribution >= 4 is 28.7 Å². The number of hydrogen-bond acceptors (Lipinski definition) is 5. The van der Waals surface area contributed by atoms with Gasteiger partial charge in [0.2, 0.25) is 5.91 Å². The Morgan fingerprint density at radius 1 is 1.25 bits per heavy atom. The zero-order valence-electron chi connectivity index (χ0n) is 18.5. The smallest absolute Gasteiger partial charge is 0.414 e. The van der Waals surface area contributed by atoms with E-state index in [-0.39, 0.29) is 18.6 Å². The first-order valence-corrected chi connectivity index (χ1v) is 10.9. The highest BCUT2D eigenvalue weighted by molar-refractivity contribution is 6.27. The largest absolute Gasteiger partial charge is 0.473 e. The highest BCUT2D eigenvalue weighted by atomic mass is 16.5. The molecule has 0 radical (unpaired) electrons. The zero-order chi connectivity index (χ0) is 23.3. The van der Waals surface area contributed by atoms with Crippen molar-refractivity contribution in [2.45, 2.75) is 44.6 Å². The molecular formula is C23H31N3O6. The number of carbonyl (C=O) groups excluding carboxylic acids is 1. The Kier molecular flexibility index (Phi) is 7.87. The number of likely N-dealkylation sites (tertiary alicyclic amines) is 1. The van der Waals surface area contributed by atoms with E-state index >= 15 is 0 Å². The molecule has 1 fully saturated rings. The number of carboxylic acids is 2. The summed E-state index contributed by atoms with van der Waals surface area (Å²) in [6.07, 6.45) is 6.55. The molecule has 2 aliphatic rings. The molecule has 1 aromatic carbocycles. The van der Waals surface area contributed by atoms with Gasteiger partial charge in [-0.25, -0.2) is 9.59 Å². The molecule has 1 aliphatic carbocycles. The van der Waals surface area contributed by atoms with Crippen LogP contribution in [0.3, 0.4) is 0 Å². The molecule has 174 valence electrons. The molecule has 32 heavy (non-hydrogen) atoms. The van der Waals surface area contributed by atoms with Crippen LogP contribution in [0, 0.1) is 5.92 Å². The molecule has 2 unspecified atom stereocenters. The maximum atomic E-state index is 12.7. The molecule has 0 bridgehead atoms. The van der Waals surface area contributed by atoms with E-state index in [2.05, 4.69) is 46.5 Å². The Hall–Kier alpha value is -2.91. The number of aromatic amines is 1. The van der Waals surface area contributed by atoms with Crippen molar-refractivity contribution in [2.75, 3.05) is 26.9 Å². The third-order valence-electron chi connectivity index (χ3n) is 6.32. The Labute approximate surface area is 186 Å². The minimum absolute atomic E-state index is 0.0269. The molecule has 1 aromatic heterocycles. The third kappa shape index (κ3) is 5.11. The number of nitrogens with one attached hydrogen (secondary N) is 2. The second-order valence-corrected chi connectivity index (χ2v) is 8.33. The van der Waals surface area contributed by atoms with E-state index in [9.17, 15) is 4.79 Å².